The molecule has 0 unspecified atom stereocenters. The number of unbranched alkanes of at least 4 members (excludes halogenated alkanes) is 2. The predicted molar refractivity (Wildman–Crippen MR) is 160 cm³/mol. The molecule has 40 heavy (non-hydrogen) atoms. The molecule has 1 fully saturated rings. The number of carbonyl (C=O) groups excluding carboxylic acids is 3. The maximum atomic E-state index is 13.5. The molecule has 0 N–H and O–H groups in total. The highest BCUT2D eigenvalue weighted by molar-refractivity contribution is 7.09. The molecule has 0 atom stereocenters. The van der Waals surface area contributed by atoms with Crippen molar-refractivity contribution in [1.82, 2.24) is 19.4 Å². The van der Waals surface area contributed by atoms with Crippen LogP contribution in [0.3, 0.4) is 0 Å². The topological polar surface area (TPSA) is 84.7 Å². The molecule has 2 aromatic heterocycles. The summed E-state index contributed by atoms with van der Waals surface area (Å²) in [5.41, 5.74) is 2.64. The number of hydrogen-bond acceptors (Lipinski definition) is 6. The largest absolute Gasteiger partial charge is 0.465 e. The molecule has 0 bridgehead atoms. The van der Waals surface area contributed by atoms with Gasteiger partial charge in [0.2, 0.25) is 0 Å². The first kappa shape index (κ1) is 31.1. The van der Waals surface area contributed by atoms with Crippen molar-refractivity contribution in [3.8, 4) is 0 Å². The summed E-state index contributed by atoms with van der Waals surface area (Å²) in [5, 5.41) is 2.02. The van der Waals surface area contributed by atoms with Gasteiger partial charge in [-0.05, 0) is 54.5 Å². The van der Waals surface area contributed by atoms with Crippen LogP contribution < -0.4 is 0 Å². The molecule has 8 nitrogen and oxygen atoms in total. The summed E-state index contributed by atoms with van der Waals surface area (Å²) >= 11 is 1.65. The lowest BCUT2D eigenvalue weighted by Gasteiger charge is -2.17. The highest BCUT2D eigenvalue weighted by Crippen LogP contribution is 2.26. The van der Waals surface area contributed by atoms with E-state index in [1.54, 1.807) is 34.6 Å². The number of imide groups is 1. The third-order valence-corrected chi connectivity index (χ3v) is 7.77. The molecular weight excluding hydrogens is 548 g/mol. The van der Waals surface area contributed by atoms with Crippen molar-refractivity contribution in [2.75, 3.05) is 20.2 Å². The van der Waals surface area contributed by atoms with Crippen molar-refractivity contribution in [3.05, 3.63) is 81.2 Å². The van der Waals surface area contributed by atoms with Crippen molar-refractivity contribution < 1.29 is 19.1 Å². The van der Waals surface area contributed by atoms with Gasteiger partial charge in [0.15, 0.2) is 0 Å². The molecule has 1 aliphatic rings. The van der Waals surface area contributed by atoms with Gasteiger partial charge >= 0.3 is 12.0 Å². The number of carbonyl (C=O) groups is 3. The fraction of sp³-hybridized carbons (Fsp3) is 0.400. The minimum absolute atomic E-state index is 0. The number of thiophene rings is 1. The summed E-state index contributed by atoms with van der Waals surface area (Å²) in [5.74, 6) is 0.285. The van der Waals surface area contributed by atoms with E-state index in [-0.39, 0.29) is 30.3 Å². The molecular formula is C30H37ClN4O4S. The van der Waals surface area contributed by atoms with Crippen LogP contribution in [-0.4, -0.2) is 57.5 Å². The van der Waals surface area contributed by atoms with Gasteiger partial charge in [-0.2, -0.15) is 0 Å². The monoisotopic (exact) mass is 584 g/mol. The van der Waals surface area contributed by atoms with E-state index in [4.69, 9.17) is 9.72 Å². The van der Waals surface area contributed by atoms with Gasteiger partial charge in [-0.1, -0.05) is 44.9 Å². The number of esters is 1. The number of amides is 3. The summed E-state index contributed by atoms with van der Waals surface area (Å²) < 4.78 is 6.91. The third kappa shape index (κ3) is 7.20. The first-order valence-corrected chi connectivity index (χ1v) is 14.4. The predicted octanol–water partition coefficient (Wildman–Crippen LogP) is 6.19. The van der Waals surface area contributed by atoms with Crippen LogP contribution in [0.4, 0.5) is 4.79 Å². The van der Waals surface area contributed by atoms with Crippen molar-refractivity contribution in [2.45, 2.75) is 58.9 Å². The van der Waals surface area contributed by atoms with Crippen LogP contribution in [0.1, 0.15) is 71.8 Å². The second kappa shape index (κ2) is 14.8. The fourth-order valence-corrected chi connectivity index (χ4v) is 5.28. The Morgan fingerprint density at radius 3 is 2.40 bits per heavy atom. The van der Waals surface area contributed by atoms with Crippen LogP contribution >= 0.6 is 23.7 Å². The average Bonchev–Trinajstić information content (AvgIpc) is 3.66. The Hall–Kier alpha value is -3.43. The lowest BCUT2D eigenvalue weighted by atomic mass is 10.1. The number of benzene rings is 1. The third-order valence-electron chi connectivity index (χ3n) is 6.84. The SMILES string of the molecule is CCCCc1ncc(C=C2C(=O)N(CCCC)C(=O)N2CCc2cccs2)n1Cc1ccc(C(=O)OC)cc1.Cl. The van der Waals surface area contributed by atoms with E-state index < -0.39 is 0 Å². The molecule has 3 heterocycles. The maximum Gasteiger partial charge on any atom is 0.337 e. The molecule has 0 saturated carbocycles. The zero-order valence-corrected chi connectivity index (χ0v) is 24.9. The standard InChI is InChI=1S/C30H36N4O4S.ClH/c1-4-6-10-27-31-20-24(34(27)21-22-11-13-23(14-12-22)29(36)38-3)19-26-28(35)33(16-7-5-2)30(37)32(26)17-15-25-9-8-18-39-25;/h8-9,11-14,18-20H,4-7,10,15-17,21H2,1-3H3;1H. The lowest BCUT2D eigenvalue weighted by molar-refractivity contribution is -0.123. The van der Waals surface area contributed by atoms with Gasteiger partial charge in [-0.3, -0.25) is 14.6 Å². The molecule has 0 radical (unpaired) electrons. The normalized spacial score (nSPS) is 14.2. The van der Waals surface area contributed by atoms with Crippen LogP contribution in [0.25, 0.3) is 6.08 Å². The number of aryl methyl sites for hydroxylation is 1. The second-order valence-electron chi connectivity index (χ2n) is 9.58. The van der Waals surface area contributed by atoms with Crippen molar-refractivity contribution in [2.24, 2.45) is 0 Å². The van der Waals surface area contributed by atoms with Gasteiger partial charge in [0.25, 0.3) is 5.91 Å². The minimum Gasteiger partial charge on any atom is -0.465 e. The average molecular weight is 585 g/mol. The molecule has 1 aliphatic heterocycles. The highest BCUT2D eigenvalue weighted by Gasteiger charge is 2.40. The molecule has 3 aromatic rings. The van der Waals surface area contributed by atoms with Crippen molar-refractivity contribution >= 4 is 47.7 Å². The fourth-order valence-electron chi connectivity index (χ4n) is 4.58. The first-order chi connectivity index (χ1) is 19.0. The summed E-state index contributed by atoms with van der Waals surface area (Å²) in [6.45, 7) is 5.56. The van der Waals surface area contributed by atoms with Crippen LogP contribution in [0.5, 0.6) is 0 Å². The van der Waals surface area contributed by atoms with Gasteiger partial charge in [0.1, 0.15) is 11.5 Å². The molecule has 0 spiro atoms. The van der Waals surface area contributed by atoms with Crippen LogP contribution in [0.15, 0.2) is 53.7 Å². The van der Waals surface area contributed by atoms with E-state index in [1.165, 1.54) is 16.9 Å². The van der Waals surface area contributed by atoms with Gasteiger partial charge in [-0.15, -0.1) is 23.7 Å². The van der Waals surface area contributed by atoms with Gasteiger partial charge in [-0.25, -0.2) is 14.6 Å². The van der Waals surface area contributed by atoms with Gasteiger partial charge in [0.05, 0.1) is 24.6 Å². The quantitative estimate of drug-likeness (QED) is 0.136. The highest BCUT2D eigenvalue weighted by atomic mass is 35.5. The molecule has 1 saturated heterocycles. The number of hydrogen-bond donors (Lipinski definition) is 0. The van der Waals surface area contributed by atoms with E-state index in [2.05, 4.69) is 11.5 Å². The summed E-state index contributed by atoms with van der Waals surface area (Å²) in [6, 6.07) is 11.1. The number of urea groups is 1. The second-order valence-corrected chi connectivity index (χ2v) is 10.6. The van der Waals surface area contributed by atoms with Crippen LogP contribution in [0.2, 0.25) is 0 Å². The van der Waals surface area contributed by atoms with Crippen LogP contribution in [0, 0.1) is 0 Å². The Balaban J connectivity index is 0.00000441. The lowest BCUT2D eigenvalue weighted by Crippen LogP contribution is -2.34. The van der Waals surface area contributed by atoms with Gasteiger partial charge < -0.3 is 9.30 Å². The Morgan fingerprint density at radius 1 is 1.00 bits per heavy atom. The van der Waals surface area contributed by atoms with E-state index >= 15 is 0 Å². The number of nitrogens with zero attached hydrogens (tertiary/aromatic N) is 4. The molecule has 3 amide bonds. The van der Waals surface area contributed by atoms with E-state index in [9.17, 15) is 14.4 Å². The van der Waals surface area contributed by atoms with Gasteiger partial charge in [0, 0.05) is 30.9 Å². The maximum absolute atomic E-state index is 13.5. The number of ether oxygens (including phenoxy) is 1. The number of methoxy groups -OCH3 is 1. The summed E-state index contributed by atoms with van der Waals surface area (Å²) in [4.78, 5) is 47.6. The van der Waals surface area contributed by atoms with E-state index in [1.807, 2.05) is 42.6 Å². The smallest absolute Gasteiger partial charge is 0.337 e. The van der Waals surface area contributed by atoms with Crippen molar-refractivity contribution in [1.29, 1.82) is 0 Å². The van der Waals surface area contributed by atoms with E-state index in [0.717, 1.165) is 49.2 Å². The zero-order chi connectivity index (χ0) is 27.8. The molecule has 214 valence electrons. The minimum atomic E-state index is -0.377. The summed E-state index contributed by atoms with van der Waals surface area (Å²) in [7, 11) is 1.36. The first-order valence-electron chi connectivity index (χ1n) is 13.6. The van der Waals surface area contributed by atoms with E-state index in [0.29, 0.717) is 37.3 Å². The number of halogens is 1. The van der Waals surface area contributed by atoms with Crippen molar-refractivity contribution in [3.63, 3.8) is 0 Å². The Labute approximate surface area is 246 Å². The molecule has 10 heteroatoms. The number of imidazole rings is 1. The Kier molecular flexibility index (Phi) is 11.5. The number of aromatic nitrogens is 2. The molecule has 4 rings (SSSR count). The molecule has 1 aromatic carbocycles. The van der Waals surface area contributed by atoms with Crippen LogP contribution in [-0.2, 0) is 28.9 Å². The Bertz CT molecular complexity index is 1320. The molecule has 0 aliphatic carbocycles. The Morgan fingerprint density at radius 2 is 1.75 bits per heavy atom. The zero-order valence-electron chi connectivity index (χ0n) is 23.3. The number of rotatable bonds is 13. The summed E-state index contributed by atoms with van der Waals surface area (Å²) in [6.07, 6.45) is 8.77.